The number of aromatic nitrogens is 2. The lowest BCUT2D eigenvalue weighted by Gasteiger charge is -2.10. The largest absolute Gasteiger partial charge is 0.484 e. The predicted molar refractivity (Wildman–Crippen MR) is 96.7 cm³/mol. The van der Waals surface area contributed by atoms with E-state index >= 15 is 0 Å². The lowest BCUT2D eigenvalue weighted by atomic mass is 10.1. The van der Waals surface area contributed by atoms with Crippen LogP contribution in [0.15, 0.2) is 36.5 Å². The summed E-state index contributed by atoms with van der Waals surface area (Å²) in [6.45, 7) is 4.42. The third kappa shape index (κ3) is 6.41. The normalized spacial score (nSPS) is 10.5. The van der Waals surface area contributed by atoms with Gasteiger partial charge in [0, 0.05) is 19.0 Å². The number of rotatable bonds is 10. The Morgan fingerprint density at radius 3 is 2.64 bits per heavy atom. The molecule has 1 heterocycles. The molecule has 0 fully saturated rings. The molecule has 1 aromatic heterocycles. The van der Waals surface area contributed by atoms with Crippen molar-refractivity contribution in [3.8, 4) is 5.75 Å². The summed E-state index contributed by atoms with van der Waals surface area (Å²) in [7, 11) is 0. The minimum absolute atomic E-state index is 0.0637. The SMILES string of the molecule is CCCCn1nccc1NC(=O)COc1ccc(CCC(C)=O)cc1. The molecule has 134 valence electrons. The number of hydrogen-bond acceptors (Lipinski definition) is 4. The number of anilines is 1. The van der Waals surface area contributed by atoms with Gasteiger partial charge in [0.1, 0.15) is 17.4 Å². The number of amides is 1. The van der Waals surface area contributed by atoms with Crippen molar-refractivity contribution in [1.82, 2.24) is 9.78 Å². The summed E-state index contributed by atoms with van der Waals surface area (Å²) >= 11 is 0. The number of ketones is 1. The number of unbranched alkanes of at least 4 members (excludes halogenated alkanes) is 1. The minimum Gasteiger partial charge on any atom is -0.484 e. The van der Waals surface area contributed by atoms with Crippen molar-refractivity contribution in [2.75, 3.05) is 11.9 Å². The molecule has 0 saturated carbocycles. The van der Waals surface area contributed by atoms with E-state index in [1.807, 2.05) is 24.3 Å². The van der Waals surface area contributed by atoms with Gasteiger partial charge in [-0.3, -0.25) is 4.79 Å². The molecule has 1 aromatic carbocycles. The Balaban J connectivity index is 1.80. The Morgan fingerprint density at radius 1 is 1.20 bits per heavy atom. The van der Waals surface area contributed by atoms with Crippen molar-refractivity contribution in [3.05, 3.63) is 42.1 Å². The van der Waals surface area contributed by atoms with Crippen LogP contribution in [0, 0.1) is 0 Å². The molecule has 0 saturated heterocycles. The van der Waals surface area contributed by atoms with E-state index in [1.54, 1.807) is 23.9 Å². The number of Topliss-reactive ketones (excluding diaryl/α,β-unsaturated/α-hetero) is 1. The average Bonchev–Trinajstić information content (AvgIpc) is 3.04. The summed E-state index contributed by atoms with van der Waals surface area (Å²) < 4.78 is 7.29. The number of nitrogens with zero attached hydrogens (tertiary/aromatic N) is 2. The Hall–Kier alpha value is -2.63. The van der Waals surface area contributed by atoms with Crippen molar-refractivity contribution >= 4 is 17.5 Å². The molecule has 6 nitrogen and oxygen atoms in total. The number of benzene rings is 1. The van der Waals surface area contributed by atoms with Crippen molar-refractivity contribution < 1.29 is 14.3 Å². The zero-order chi connectivity index (χ0) is 18.1. The molecular formula is C19H25N3O3. The first kappa shape index (κ1) is 18.7. The minimum atomic E-state index is -0.223. The monoisotopic (exact) mass is 343 g/mol. The van der Waals surface area contributed by atoms with E-state index in [4.69, 9.17) is 4.74 Å². The topological polar surface area (TPSA) is 73.2 Å². The van der Waals surface area contributed by atoms with Gasteiger partial charge < -0.3 is 14.8 Å². The van der Waals surface area contributed by atoms with Gasteiger partial charge in [-0.2, -0.15) is 5.10 Å². The van der Waals surface area contributed by atoms with Crippen LogP contribution >= 0.6 is 0 Å². The third-order valence-electron chi connectivity index (χ3n) is 3.77. The van der Waals surface area contributed by atoms with Crippen molar-refractivity contribution in [3.63, 3.8) is 0 Å². The Bertz CT molecular complexity index is 692. The van der Waals surface area contributed by atoms with Crippen LogP contribution in [-0.2, 0) is 22.6 Å². The van der Waals surface area contributed by atoms with Crippen molar-refractivity contribution in [2.45, 2.75) is 46.1 Å². The number of nitrogens with one attached hydrogen (secondary N) is 1. The highest BCUT2D eigenvalue weighted by Crippen LogP contribution is 2.14. The van der Waals surface area contributed by atoms with E-state index < -0.39 is 0 Å². The highest BCUT2D eigenvalue weighted by atomic mass is 16.5. The van der Waals surface area contributed by atoms with Crippen LogP contribution in [0.1, 0.15) is 38.7 Å². The highest BCUT2D eigenvalue weighted by Gasteiger charge is 2.08. The van der Waals surface area contributed by atoms with Gasteiger partial charge in [0.05, 0.1) is 6.20 Å². The molecule has 0 spiro atoms. The van der Waals surface area contributed by atoms with Gasteiger partial charge in [-0.1, -0.05) is 25.5 Å². The van der Waals surface area contributed by atoms with Crippen LogP contribution in [0.5, 0.6) is 5.75 Å². The van der Waals surface area contributed by atoms with E-state index in [2.05, 4.69) is 17.3 Å². The molecule has 6 heteroatoms. The fourth-order valence-corrected chi connectivity index (χ4v) is 2.33. The van der Waals surface area contributed by atoms with Crippen LogP contribution < -0.4 is 10.1 Å². The van der Waals surface area contributed by atoms with Gasteiger partial charge in [0.2, 0.25) is 0 Å². The summed E-state index contributed by atoms with van der Waals surface area (Å²) in [5.74, 6) is 1.26. The maximum absolute atomic E-state index is 12.0. The van der Waals surface area contributed by atoms with E-state index in [1.165, 1.54) is 0 Å². The zero-order valence-electron chi connectivity index (χ0n) is 14.8. The fraction of sp³-hybridized carbons (Fsp3) is 0.421. The second kappa shape index (κ2) is 9.61. The molecule has 1 N–H and O–H groups in total. The summed E-state index contributed by atoms with van der Waals surface area (Å²) in [5, 5.41) is 7.01. The lowest BCUT2D eigenvalue weighted by molar-refractivity contribution is -0.118. The number of ether oxygens (including phenoxy) is 1. The molecular weight excluding hydrogens is 318 g/mol. The zero-order valence-corrected chi connectivity index (χ0v) is 14.8. The van der Waals surface area contributed by atoms with E-state index in [-0.39, 0.29) is 18.3 Å². The summed E-state index contributed by atoms with van der Waals surface area (Å²) in [6.07, 6.45) is 5.01. The molecule has 0 bridgehead atoms. The first-order valence-corrected chi connectivity index (χ1v) is 8.61. The second-order valence-corrected chi connectivity index (χ2v) is 5.98. The molecule has 2 aromatic rings. The van der Waals surface area contributed by atoms with Gasteiger partial charge in [0.25, 0.3) is 5.91 Å². The fourth-order valence-electron chi connectivity index (χ4n) is 2.33. The van der Waals surface area contributed by atoms with Crippen molar-refractivity contribution in [2.24, 2.45) is 0 Å². The average molecular weight is 343 g/mol. The molecule has 25 heavy (non-hydrogen) atoms. The van der Waals surface area contributed by atoms with Gasteiger partial charge in [0.15, 0.2) is 6.61 Å². The standard InChI is InChI=1S/C19H25N3O3/c1-3-4-13-22-18(11-12-20-22)21-19(24)14-25-17-9-7-16(8-10-17)6-5-15(2)23/h7-12H,3-6,13-14H2,1-2H3,(H,21,24). The number of carbonyl (C=O) groups excluding carboxylic acids is 2. The molecule has 1 amide bonds. The van der Waals surface area contributed by atoms with E-state index in [9.17, 15) is 9.59 Å². The van der Waals surface area contributed by atoms with Crippen molar-refractivity contribution in [1.29, 1.82) is 0 Å². The van der Waals surface area contributed by atoms with Gasteiger partial charge in [-0.25, -0.2) is 4.68 Å². The summed E-state index contributed by atoms with van der Waals surface area (Å²) in [4.78, 5) is 23.0. The molecule has 0 aliphatic carbocycles. The van der Waals surface area contributed by atoms with Crippen LogP contribution in [-0.4, -0.2) is 28.1 Å². The number of aryl methyl sites for hydroxylation is 2. The molecule has 0 atom stereocenters. The maximum Gasteiger partial charge on any atom is 0.263 e. The lowest BCUT2D eigenvalue weighted by Crippen LogP contribution is -2.22. The van der Waals surface area contributed by atoms with Gasteiger partial charge in [-0.15, -0.1) is 0 Å². The Morgan fingerprint density at radius 2 is 1.96 bits per heavy atom. The quantitative estimate of drug-likeness (QED) is 0.719. The molecule has 0 aliphatic rings. The first-order valence-electron chi connectivity index (χ1n) is 8.61. The van der Waals surface area contributed by atoms with Crippen LogP contribution in [0.4, 0.5) is 5.82 Å². The summed E-state index contributed by atoms with van der Waals surface area (Å²) in [5.41, 5.74) is 1.08. The molecule has 0 radical (unpaired) electrons. The van der Waals surface area contributed by atoms with Crippen LogP contribution in [0.3, 0.4) is 0 Å². The van der Waals surface area contributed by atoms with E-state index in [0.29, 0.717) is 18.0 Å². The smallest absolute Gasteiger partial charge is 0.263 e. The molecule has 0 unspecified atom stereocenters. The van der Waals surface area contributed by atoms with Crippen LogP contribution in [0.25, 0.3) is 0 Å². The number of hydrogen-bond donors (Lipinski definition) is 1. The van der Waals surface area contributed by atoms with Gasteiger partial charge >= 0.3 is 0 Å². The Kier molecular flexibility index (Phi) is 7.19. The number of carbonyl (C=O) groups is 2. The summed E-state index contributed by atoms with van der Waals surface area (Å²) in [6, 6.07) is 9.23. The molecule has 0 aliphatic heterocycles. The predicted octanol–water partition coefficient (Wildman–Crippen LogP) is 3.22. The Labute approximate surface area is 148 Å². The second-order valence-electron chi connectivity index (χ2n) is 5.98. The maximum atomic E-state index is 12.0. The first-order chi connectivity index (χ1) is 12.1. The van der Waals surface area contributed by atoms with Gasteiger partial charge in [-0.05, 0) is 37.5 Å². The highest BCUT2D eigenvalue weighted by molar-refractivity contribution is 5.91. The van der Waals surface area contributed by atoms with E-state index in [0.717, 1.165) is 31.4 Å². The third-order valence-corrected chi connectivity index (χ3v) is 3.77. The molecule has 2 rings (SSSR count). The van der Waals surface area contributed by atoms with Crippen LogP contribution in [0.2, 0.25) is 0 Å².